The van der Waals surface area contributed by atoms with Crippen LogP contribution in [0.2, 0.25) is 0 Å². The number of rotatable bonds is 7. The molecule has 0 fully saturated rings. The summed E-state index contributed by atoms with van der Waals surface area (Å²) in [5.74, 6) is -0.501. The molecule has 0 aliphatic rings. The monoisotopic (exact) mass is 406 g/mol. The van der Waals surface area contributed by atoms with Crippen molar-refractivity contribution < 1.29 is 18.7 Å². The third kappa shape index (κ3) is 5.29. The number of anilines is 1. The van der Waals surface area contributed by atoms with Crippen molar-refractivity contribution in [1.29, 1.82) is 0 Å². The van der Waals surface area contributed by atoms with Crippen LogP contribution in [0.4, 0.5) is 14.9 Å². The van der Waals surface area contributed by atoms with E-state index in [-0.39, 0.29) is 5.78 Å². The van der Waals surface area contributed by atoms with Gasteiger partial charge in [-0.15, -0.1) is 0 Å². The molecule has 0 N–H and O–H groups in total. The van der Waals surface area contributed by atoms with Crippen LogP contribution in [0.15, 0.2) is 66.9 Å². The van der Waals surface area contributed by atoms with E-state index < -0.39 is 12.0 Å². The molecule has 0 unspecified atom stereocenters. The lowest BCUT2D eigenvalue weighted by atomic mass is 9.99. The smallest absolute Gasteiger partial charge is 0.413 e. The van der Waals surface area contributed by atoms with E-state index in [0.717, 1.165) is 22.4 Å². The molecule has 0 saturated heterocycles. The number of halogens is 1. The molecule has 0 aliphatic carbocycles. The summed E-state index contributed by atoms with van der Waals surface area (Å²) in [6.07, 6.45) is 1.91. The van der Waals surface area contributed by atoms with E-state index in [2.05, 4.69) is 4.98 Å². The van der Waals surface area contributed by atoms with E-state index in [1.807, 2.05) is 36.4 Å². The molecule has 6 heteroatoms. The van der Waals surface area contributed by atoms with Crippen molar-refractivity contribution in [2.45, 2.75) is 19.8 Å². The number of benzene rings is 2. The Labute approximate surface area is 175 Å². The third-order valence-corrected chi connectivity index (χ3v) is 4.77. The first-order valence-corrected chi connectivity index (χ1v) is 9.72. The number of nitrogens with zero attached hydrogens (tertiary/aromatic N) is 2. The quantitative estimate of drug-likeness (QED) is 0.395. The number of aryl methyl sites for hydroxylation is 1. The van der Waals surface area contributed by atoms with Crippen LogP contribution in [0.3, 0.4) is 0 Å². The van der Waals surface area contributed by atoms with E-state index in [1.165, 1.54) is 17.2 Å². The number of carbonyl (C=O) groups excluding carboxylic acids is 2. The highest BCUT2D eigenvalue weighted by atomic mass is 19.1. The fraction of sp³-hybridized carbons (Fsp3) is 0.208. The number of aromatic nitrogens is 1. The maximum atomic E-state index is 12.9. The molecule has 30 heavy (non-hydrogen) atoms. The molecule has 1 heterocycles. The highest BCUT2D eigenvalue weighted by molar-refractivity contribution is 5.96. The zero-order valence-electron chi connectivity index (χ0n) is 17.0. The van der Waals surface area contributed by atoms with Crippen molar-refractivity contribution in [3.8, 4) is 11.1 Å². The second kappa shape index (κ2) is 9.78. The topological polar surface area (TPSA) is 59.5 Å². The Balaban J connectivity index is 1.62. The molecule has 1 amide bonds. The van der Waals surface area contributed by atoms with Crippen LogP contribution in [0.5, 0.6) is 0 Å². The zero-order chi connectivity index (χ0) is 21.5. The predicted molar refractivity (Wildman–Crippen MR) is 114 cm³/mol. The lowest BCUT2D eigenvalue weighted by Gasteiger charge is -2.16. The van der Waals surface area contributed by atoms with Gasteiger partial charge in [-0.25, -0.2) is 9.78 Å². The highest BCUT2D eigenvalue weighted by Crippen LogP contribution is 2.24. The van der Waals surface area contributed by atoms with Crippen LogP contribution in [0.1, 0.15) is 29.3 Å². The van der Waals surface area contributed by atoms with Gasteiger partial charge >= 0.3 is 6.09 Å². The number of hydrogen-bond donors (Lipinski definition) is 0. The van der Waals surface area contributed by atoms with E-state index in [4.69, 9.17) is 4.74 Å². The van der Waals surface area contributed by atoms with Gasteiger partial charge in [-0.1, -0.05) is 42.5 Å². The summed E-state index contributed by atoms with van der Waals surface area (Å²) in [6.45, 7) is 2.09. The minimum atomic E-state index is -0.527. The summed E-state index contributed by atoms with van der Waals surface area (Å²) in [4.78, 5) is 29.3. The largest absolute Gasteiger partial charge is 0.449 e. The predicted octanol–water partition coefficient (Wildman–Crippen LogP) is 5.30. The molecular weight excluding hydrogens is 383 g/mol. The van der Waals surface area contributed by atoms with Gasteiger partial charge in [0.25, 0.3) is 0 Å². The van der Waals surface area contributed by atoms with Gasteiger partial charge in [-0.3, -0.25) is 9.69 Å². The van der Waals surface area contributed by atoms with Gasteiger partial charge in [0.15, 0.2) is 5.78 Å². The zero-order valence-corrected chi connectivity index (χ0v) is 17.0. The molecule has 0 spiro atoms. The van der Waals surface area contributed by atoms with Crippen LogP contribution >= 0.6 is 0 Å². The Kier molecular flexibility index (Phi) is 6.91. The van der Waals surface area contributed by atoms with E-state index in [9.17, 15) is 14.0 Å². The first-order valence-electron chi connectivity index (χ1n) is 9.72. The lowest BCUT2D eigenvalue weighted by Crippen LogP contribution is -2.26. The molecule has 154 valence electrons. The van der Waals surface area contributed by atoms with Crippen molar-refractivity contribution in [3.05, 3.63) is 83.9 Å². The van der Waals surface area contributed by atoms with Crippen molar-refractivity contribution in [2.75, 3.05) is 18.6 Å². The van der Waals surface area contributed by atoms with Gasteiger partial charge in [0, 0.05) is 30.9 Å². The number of carbonyl (C=O) groups is 2. The van der Waals surface area contributed by atoms with Crippen LogP contribution in [0.25, 0.3) is 11.1 Å². The number of ether oxygens (including phenoxy) is 1. The first-order chi connectivity index (χ1) is 14.5. The summed E-state index contributed by atoms with van der Waals surface area (Å²) < 4.78 is 17.9. The van der Waals surface area contributed by atoms with Crippen molar-refractivity contribution in [1.82, 2.24) is 4.98 Å². The van der Waals surface area contributed by atoms with Crippen LogP contribution in [0, 0.1) is 5.95 Å². The Morgan fingerprint density at radius 3 is 2.17 bits per heavy atom. The van der Waals surface area contributed by atoms with Gasteiger partial charge in [-0.2, -0.15) is 4.39 Å². The maximum absolute atomic E-state index is 12.9. The first kappa shape index (κ1) is 21.2. The van der Waals surface area contributed by atoms with Crippen molar-refractivity contribution in [3.63, 3.8) is 0 Å². The average molecular weight is 406 g/mol. The Hall–Kier alpha value is -3.54. The fourth-order valence-electron chi connectivity index (χ4n) is 3.01. The normalized spacial score (nSPS) is 10.5. The standard InChI is InChI=1S/C24H23FN2O3/c1-3-30-24(29)27(2)21-12-10-19(11-13-21)18-6-8-20(9-7-18)22(28)14-4-17-5-15-23(25)26-16-17/h5-13,15-16H,3-4,14H2,1-2H3. The molecule has 0 saturated carbocycles. The number of Topliss-reactive ketones (excluding diaryl/α,β-unsaturated/α-hetero) is 1. The van der Waals surface area contributed by atoms with Gasteiger partial charge in [0.05, 0.1) is 6.61 Å². The van der Waals surface area contributed by atoms with Crippen LogP contribution in [-0.4, -0.2) is 30.5 Å². The van der Waals surface area contributed by atoms with Gasteiger partial charge in [-0.05, 0) is 48.2 Å². The summed E-state index contributed by atoms with van der Waals surface area (Å²) in [7, 11) is 1.66. The molecule has 1 aromatic heterocycles. The Bertz CT molecular complexity index is 1000. The second-order valence-corrected chi connectivity index (χ2v) is 6.79. The summed E-state index contributed by atoms with van der Waals surface area (Å²) >= 11 is 0. The van der Waals surface area contributed by atoms with Crippen molar-refractivity contribution in [2.24, 2.45) is 0 Å². The Morgan fingerprint density at radius 2 is 1.60 bits per heavy atom. The molecule has 5 nitrogen and oxygen atoms in total. The molecular formula is C24H23FN2O3. The minimum Gasteiger partial charge on any atom is -0.449 e. The molecule has 3 aromatic rings. The molecule has 0 bridgehead atoms. The second-order valence-electron chi connectivity index (χ2n) is 6.79. The summed E-state index contributed by atoms with van der Waals surface area (Å²) in [5, 5.41) is 0. The SMILES string of the molecule is CCOC(=O)N(C)c1ccc(-c2ccc(C(=O)CCc3ccc(F)nc3)cc2)cc1. The average Bonchev–Trinajstić information content (AvgIpc) is 2.78. The molecule has 0 radical (unpaired) electrons. The van der Waals surface area contributed by atoms with E-state index >= 15 is 0 Å². The molecule has 3 rings (SSSR count). The maximum Gasteiger partial charge on any atom is 0.413 e. The van der Waals surface area contributed by atoms with E-state index in [1.54, 1.807) is 32.2 Å². The highest BCUT2D eigenvalue weighted by Gasteiger charge is 2.12. The van der Waals surface area contributed by atoms with Crippen molar-refractivity contribution >= 4 is 17.6 Å². The number of amides is 1. The number of pyridine rings is 1. The number of ketones is 1. The van der Waals surface area contributed by atoms with Gasteiger partial charge in [0.1, 0.15) is 0 Å². The summed E-state index contributed by atoms with van der Waals surface area (Å²) in [5.41, 5.74) is 4.15. The molecule has 0 atom stereocenters. The molecule has 2 aromatic carbocycles. The summed E-state index contributed by atoms with van der Waals surface area (Å²) in [6, 6.07) is 17.9. The lowest BCUT2D eigenvalue weighted by molar-refractivity contribution is 0.0982. The molecule has 0 aliphatic heterocycles. The van der Waals surface area contributed by atoms with Crippen LogP contribution in [-0.2, 0) is 11.2 Å². The van der Waals surface area contributed by atoms with Gasteiger partial charge < -0.3 is 4.74 Å². The fourth-order valence-corrected chi connectivity index (χ4v) is 3.01. The minimum absolute atomic E-state index is 0.0253. The number of hydrogen-bond acceptors (Lipinski definition) is 4. The van der Waals surface area contributed by atoms with Crippen LogP contribution < -0.4 is 4.90 Å². The Morgan fingerprint density at radius 1 is 0.967 bits per heavy atom. The third-order valence-electron chi connectivity index (χ3n) is 4.77. The van der Waals surface area contributed by atoms with E-state index in [0.29, 0.717) is 25.0 Å². The van der Waals surface area contributed by atoms with Gasteiger partial charge in [0.2, 0.25) is 5.95 Å².